The van der Waals surface area contributed by atoms with E-state index in [1.165, 1.54) is 17.3 Å². The maximum Gasteiger partial charge on any atom is 0.262 e. The molecule has 4 aromatic rings. The maximum atomic E-state index is 13.0. The molecular weight excluding hydrogens is 410 g/mol. The van der Waals surface area contributed by atoms with Crippen molar-refractivity contribution in [2.45, 2.75) is 24.5 Å². The molecule has 0 fully saturated rings. The van der Waals surface area contributed by atoms with Gasteiger partial charge in [0.2, 0.25) is 5.91 Å². The van der Waals surface area contributed by atoms with Gasteiger partial charge in [0, 0.05) is 6.54 Å². The number of nitrogens with zero attached hydrogens (tertiary/aromatic N) is 2. The zero-order valence-electron chi connectivity index (χ0n) is 17.0. The molecule has 0 aliphatic heterocycles. The monoisotopic (exact) mass is 433 g/mol. The molecule has 0 spiro atoms. The minimum Gasteiger partial charge on any atom is -0.467 e. The number of aryl methyl sites for hydroxylation is 1. The molecule has 2 aromatic carbocycles. The summed E-state index contributed by atoms with van der Waals surface area (Å²) >= 11 is 1.26. The molecule has 1 N–H and O–H groups in total. The summed E-state index contributed by atoms with van der Waals surface area (Å²) in [6.45, 7) is 0.878. The number of furan rings is 1. The van der Waals surface area contributed by atoms with E-state index in [0.717, 1.165) is 12.8 Å². The average Bonchev–Trinajstić information content (AvgIpc) is 3.31. The van der Waals surface area contributed by atoms with Crippen LogP contribution in [0.3, 0.4) is 0 Å². The third-order valence-corrected chi connectivity index (χ3v) is 5.84. The van der Waals surface area contributed by atoms with Crippen molar-refractivity contribution in [2.24, 2.45) is 0 Å². The van der Waals surface area contributed by atoms with Gasteiger partial charge >= 0.3 is 0 Å². The molecular formula is C24H23N3O3S. The number of aromatic nitrogens is 2. The van der Waals surface area contributed by atoms with Gasteiger partial charge in [-0.2, -0.15) is 0 Å². The number of thioether (sulfide) groups is 1. The van der Waals surface area contributed by atoms with Crippen molar-refractivity contribution in [3.05, 3.63) is 94.7 Å². The number of amides is 1. The summed E-state index contributed by atoms with van der Waals surface area (Å²) in [5, 5.41) is 3.99. The summed E-state index contributed by atoms with van der Waals surface area (Å²) in [6, 6.07) is 21.0. The highest BCUT2D eigenvalue weighted by Gasteiger charge is 2.14. The van der Waals surface area contributed by atoms with E-state index in [1.807, 2.05) is 42.5 Å². The molecule has 0 unspecified atom stereocenters. The van der Waals surface area contributed by atoms with Crippen molar-refractivity contribution >= 4 is 28.6 Å². The van der Waals surface area contributed by atoms with Gasteiger partial charge in [0.05, 0.1) is 29.5 Å². The van der Waals surface area contributed by atoms with E-state index in [-0.39, 0.29) is 23.8 Å². The fraction of sp³-hybridized carbons (Fsp3) is 0.208. The van der Waals surface area contributed by atoms with E-state index < -0.39 is 0 Å². The fourth-order valence-corrected chi connectivity index (χ4v) is 4.13. The van der Waals surface area contributed by atoms with Gasteiger partial charge in [-0.25, -0.2) is 4.98 Å². The van der Waals surface area contributed by atoms with E-state index in [1.54, 1.807) is 23.0 Å². The largest absolute Gasteiger partial charge is 0.467 e. The number of para-hydroxylation sites is 1. The minimum absolute atomic E-state index is 0.0787. The summed E-state index contributed by atoms with van der Waals surface area (Å²) in [7, 11) is 0. The van der Waals surface area contributed by atoms with Crippen molar-refractivity contribution in [1.82, 2.24) is 14.9 Å². The summed E-state index contributed by atoms with van der Waals surface area (Å²) < 4.78 is 6.97. The van der Waals surface area contributed by atoms with Crippen LogP contribution >= 0.6 is 11.8 Å². The second-order valence-electron chi connectivity index (χ2n) is 7.11. The Hall–Kier alpha value is -3.32. The summed E-state index contributed by atoms with van der Waals surface area (Å²) in [5.41, 5.74) is 1.73. The van der Waals surface area contributed by atoms with E-state index in [2.05, 4.69) is 22.4 Å². The van der Waals surface area contributed by atoms with Crippen molar-refractivity contribution < 1.29 is 9.21 Å². The number of carbonyl (C=O) groups excluding carboxylic acids is 1. The average molecular weight is 434 g/mol. The third-order valence-electron chi connectivity index (χ3n) is 4.86. The first-order chi connectivity index (χ1) is 15.2. The zero-order chi connectivity index (χ0) is 21.5. The van der Waals surface area contributed by atoms with Crippen LogP contribution in [0.5, 0.6) is 0 Å². The molecule has 0 saturated carbocycles. The molecule has 0 atom stereocenters. The third kappa shape index (κ3) is 5.44. The first-order valence-electron chi connectivity index (χ1n) is 10.2. The first kappa shape index (κ1) is 20.9. The molecule has 0 radical (unpaired) electrons. The van der Waals surface area contributed by atoms with Crippen LogP contribution in [0.2, 0.25) is 0 Å². The van der Waals surface area contributed by atoms with Gasteiger partial charge in [-0.15, -0.1) is 0 Å². The molecule has 31 heavy (non-hydrogen) atoms. The molecule has 6 nitrogen and oxygen atoms in total. The van der Waals surface area contributed by atoms with Crippen LogP contribution in [-0.4, -0.2) is 27.8 Å². The zero-order valence-corrected chi connectivity index (χ0v) is 17.8. The van der Waals surface area contributed by atoms with Crippen LogP contribution in [-0.2, 0) is 17.8 Å². The lowest BCUT2D eigenvalue weighted by Gasteiger charge is -2.12. The number of fused-ring (bicyclic) bond motifs is 1. The van der Waals surface area contributed by atoms with E-state index >= 15 is 0 Å². The van der Waals surface area contributed by atoms with Gasteiger partial charge in [-0.05, 0) is 42.7 Å². The predicted molar refractivity (Wildman–Crippen MR) is 122 cm³/mol. The lowest BCUT2D eigenvalue weighted by atomic mass is 10.1. The Labute approximate surface area is 184 Å². The second-order valence-corrected chi connectivity index (χ2v) is 8.05. The Bertz CT molecular complexity index is 1200. The van der Waals surface area contributed by atoms with Gasteiger partial charge in [0.1, 0.15) is 5.76 Å². The van der Waals surface area contributed by atoms with Crippen LogP contribution in [0.1, 0.15) is 17.7 Å². The molecule has 0 saturated heterocycles. The number of benzene rings is 2. The molecule has 1 amide bonds. The normalized spacial score (nSPS) is 11.0. The van der Waals surface area contributed by atoms with E-state index in [9.17, 15) is 9.59 Å². The molecule has 0 aliphatic carbocycles. The number of hydrogen-bond acceptors (Lipinski definition) is 5. The van der Waals surface area contributed by atoms with Crippen LogP contribution < -0.4 is 10.9 Å². The summed E-state index contributed by atoms with van der Waals surface area (Å²) in [6.07, 6.45) is 3.37. The molecule has 158 valence electrons. The predicted octanol–water partition coefficient (Wildman–Crippen LogP) is 3.88. The topological polar surface area (TPSA) is 77.1 Å². The lowest BCUT2D eigenvalue weighted by molar-refractivity contribution is -0.118. The van der Waals surface area contributed by atoms with E-state index in [0.29, 0.717) is 28.4 Å². The molecule has 7 heteroatoms. The van der Waals surface area contributed by atoms with Gasteiger partial charge in [-0.3, -0.25) is 14.2 Å². The smallest absolute Gasteiger partial charge is 0.262 e. The number of carbonyl (C=O) groups is 1. The molecule has 0 aliphatic rings. The fourth-order valence-electron chi connectivity index (χ4n) is 3.30. The Morgan fingerprint density at radius 2 is 1.84 bits per heavy atom. The van der Waals surface area contributed by atoms with Crippen LogP contribution in [0.4, 0.5) is 0 Å². The summed E-state index contributed by atoms with van der Waals surface area (Å²) in [4.78, 5) is 30.0. The van der Waals surface area contributed by atoms with Crippen LogP contribution in [0.25, 0.3) is 10.9 Å². The quantitative estimate of drug-likeness (QED) is 0.246. The van der Waals surface area contributed by atoms with Crippen molar-refractivity contribution in [3.63, 3.8) is 0 Å². The SMILES string of the molecule is O=C(CSc1nc2ccccc2c(=O)n1Cc1ccco1)NCCCc1ccccc1. The van der Waals surface area contributed by atoms with Crippen LogP contribution in [0.15, 0.2) is 87.4 Å². The Morgan fingerprint density at radius 3 is 2.65 bits per heavy atom. The van der Waals surface area contributed by atoms with Gasteiger partial charge < -0.3 is 9.73 Å². The molecule has 2 heterocycles. The van der Waals surface area contributed by atoms with Crippen molar-refractivity contribution in [2.75, 3.05) is 12.3 Å². The highest BCUT2D eigenvalue weighted by molar-refractivity contribution is 7.99. The Balaban J connectivity index is 1.41. The molecule has 2 aromatic heterocycles. The minimum atomic E-state index is -0.146. The first-order valence-corrected chi connectivity index (χ1v) is 11.1. The van der Waals surface area contributed by atoms with Crippen molar-refractivity contribution in [3.8, 4) is 0 Å². The Morgan fingerprint density at radius 1 is 1.03 bits per heavy atom. The van der Waals surface area contributed by atoms with Gasteiger partial charge in [0.25, 0.3) is 5.56 Å². The lowest BCUT2D eigenvalue weighted by Crippen LogP contribution is -2.28. The number of rotatable bonds is 9. The summed E-state index contributed by atoms with van der Waals surface area (Å²) in [5.74, 6) is 0.769. The van der Waals surface area contributed by atoms with Crippen LogP contribution in [0, 0.1) is 0 Å². The second kappa shape index (κ2) is 10.1. The molecule has 4 rings (SSSR count). The van der Waals surface area contributed by atoms with Gasteiger partial charge in [-0.1, -0.05) is 54.2 Å². The maximum absolute atomic E-state index is 13.0. The highest BCUT2D eigenvalue weighted by atomic mass is 32.2. The Kier molecular flexibility index (Phi) is 6.84. The number of hydrogen-bond donors (Lipinski definition) is 1. The van der Waals surface area contributed by atoms with Gasteiger partial charge in [0.15, 0.2) is 5.16 Å². The molecule has 0 bridgehead atoms. The highest BCUT2D eigenvalue weighted by Crippen LogP contribution is 2.19. The standard InChI is InChI=1S/C24H23N3O3S/c28-22(25-14-6-10-18-8-2-1-3-9-18)17-31-24-26-21-13-5-4-12-20(21)23(29)27(24)16-19-11-7-15-30-19/h1-5,7-9,11-13,15H,6,10,14,16-17H2,(H,25,28). The number of nitrogens with one attached hydrogen (secondary N) is 1. The van der Waals surface area contributed by atoms with Crippen molar-refractivity contribution in [1.29, 1.82) is 0 Å². The van der Waals surface area contributed by atoms with E-state index in [4.69, 9.17) is 4.42 Å².